The zero-order chi connectivity index (χ0) is 10.4. The molecule has 1 heterocycles. The van der Waals surface area contributed by atoms with Gasteiger partial charge >= 0.3 is 5.97 Å². The van der Waals surface area contributed by atoms with E-state index in [0.717, 1.165) is 6.42 Å². The van der Waals surface area contributed by atoms with Crippen molar-refractivity contribution in [1.82, 2.24) is 5.32 Å². The van der Waals surface area contributed by atoms with Gasteiger partial charge in [0, 0.05) is 0 Å². The lowest BCUT2D eigenvalue weighted by Gasteiger charge is -2.09. The van der Waals surface area contributed by atoms with E-state index in [1.54, 1.807) is 19.2 Å². The monoisotopic (exact) mass is 215 g/mol. The van der Waals surface area contributed by atoms with E-state index in [1.165, 1.54) is 0 Å². The summed E-state index contributed by atoms with van der Waals surface area (Å²) in [6, 6.07) is 0. The third-order valence-corrected chi connectivity index (χ3v) is 2.86. The first kappa shape index (κ1) is 11.0. The molecule has 0 fully saturated rings. The number of ether oxygens (including phenoxy) is 1. The molecule has 78 valence electrons. The number of esters is 1. The van der Waals surface area contributed by atoms with E-state index in [4.69, 9.17) is 4.74 Å². The molecule has 0 bridgehead atoms. The summed E-state index contributed by atoms with van der Waals surface area (Å²) in [5, 5.41) is 3.42. The Balaban J connectivity index is 2.42. The van der Waals surface area contributed by atoms with Crippen LogP contribution >= 0.6 is 0 Å². The molecule has 0 aromatic rings. The fraction of sp³-hybridized carbons (Fsp3) is 0.444. The smallest absolute Gasteiger partial charge is 0.318 e. The molecule has 1 rings (SSSR count). The number of hydrogen-bond donors (Lipinski definition) is 1. The van der Waals surface area contributed by atoms with E-state index in [1.807, 2.05) is 6.08 Å². The molecular formula is C9H13NO3S. The van der Waals surface area contributed by atoms with Crippen molar-refractivity contribution >= 4 is 16.8 Å². The number of dihydropyridines is 1. The first-order valence-corrected chi connectivity index (χ1v) is 5.71. The Bertz CT molecular complexity index is 296. The van der Waals surface area contributed by atoms with Gasteiger partial charge in [-0.2, -0.15) is 0 Å². The molecule has 1 aliphatic rings. The van der Waals surface area contributed by atoms with Crippen LogP contribution in [0, 0.1) is 0 Å². The fourth-order valence-electron chi connectivity index (χ4n) is 0.989. The minimum Gasteiger partial charge on any atom is -0.465 e. The molecule has 14 heavy (non-hydrogen) atoms. The van der Waals surface area contributed by atoms with E-state index in [0.29, 0.717) is 11.6 Å². The second-order valence-corrected chi connectivity index (χ2v) is 4.07. The van der Waals surface area contributed by atoms with E-state index >= 15 is 0 Å². The summed E-state index contributed by atoms with van der Waals surface area (Å²) in [6.45, 7) is 2.05. The highest BCUT2D eigenvalue weighted by Gasteiger charge is 2.13. The molecular weight excluding hydrogens is 202 g/mol. The second-order valence-electron chi connectivity index (χ2n) is 2.65. The number of carbonyl (C=O) groups is 1. The summed E-state index contributed by atoms with van der Waals surface area (Å²) in [5.74, 6) is -0.511. The van der Waals surface area contributed by atoms with Crippen LogP contribution in [-0.4, -0.2) is 22.5 Å². The Labute approximate surface area is 85.5 Å². The molecule has 1 aliphatic heterocycles. The van der Waals surface area contributed by atoms with Crippen molar-refractivity contribution < 1.29 is 13.7 Å². The molecule has 0 saturated heterocycles. The SMILES string of the molecule is CCOC(=O)CS(=O)C1=CCC=CN1. The maximum Gasteiger partial charge on any atom is 0.318 e. The average Bonchev–Trinajstić information content (AvgIpc) is 2.19. The topological polar surface area (TPSA) is 55.4 Å². The van der Waals surface area contributed by atoms with Gasteiger partial charge < -0.3 is 10.1 Å². The standard InChI is InChI=1S/C9H13NO3S/c1-2-13-9(11)7-14(12)8-5-3-4-6-10-8/h4-6,10H,2-3,7H2,1H3. The van der Waals surface area contributed by atoms with Crippen molar-refractivity contribution in [2.24, 2.45) is 0 Å². The van der Waals surface area contributed by atoms with Gasteiger partial charge in [-0.1, -0.05) is 6.08 Å². The summed E-state index contributed by atoms with van der Waals surface area (Å²) >= 11 is 0. The van der Waals surface area contributed by atoms with Crippen LogP contribution in [0.3, 0.4) is 0 Å². The highest BCUT2D eigenvalue weighted by molar-refractivity contribution is 7.89. The van der Waals surface area contributed by atoms with Crippen LogP contribution in [0.5, 0.6) is 0 Å². The average molecular weight is 215 g/mol. The second kappa shape index (κ2) is 5.59. The van der Waals surface area contributed by atoms with Crippen LogP contribution in [-0.2, 0) is 20.3 Å². The molecule has 0 saturated carbocycles. The number of carbonyl (C=O) groups excluding carboxylic acids is 1. The lowest BCUT2D eigenvalue weighted by atomic mass is 10.3. The Hall–Kier alpha value is -1.10. The summed E-state index contributed by atoms with van der Waals surface area (Å²) < 4.78 is 16.2. The summed E-state index contributed by atoms with van der Waals surface area (Å²) in [5.41, 5.74) is 0. The molecule has 1 unspecified atom stereocenters. The number of rotatable bonds is 4. The van der Waals surface area contributed by atoms with Crippen molar-refractivity contribution in [3.05, 3.63) is 23.4 Å². The minimum atomic E-state index is -1.31. The third kappa shape index (κ3) is 3.33. The first-order valence-electron chi connectivity index (χ1n) is 4.39. The van der Waals surface area contributed by atoms with Gasteiger partial charge in [-0.3, -0.25) is 9.00 Å². The van der Waals surface area contributed by atoms with Crippen molar-refractivity contribution in [3.63, 3.8) is 0 Å². The predicted molar refractivity (Wildman–Crippen MR) is 54.6 cm³/mol. The van der Waals surface area contributed by atoms with Crippen LogP contribution in [0.15, 0.2) is 23.4 Å². The largest absolute Gasteiger partial charge is 0.465 e. The van der Waals surface area contributed by atoms with Gasteiger partial charge in [-0.15, -0.1) is 0 Å². The van der Waals surface area contributed by atoms with Crippen LogP contribution in [0.1, 0.15) is 13.3 Å². The maximum atomic E-state index is 11.5. The Morgan fingerprint density at radius 1 is 1.71 bits per heavy atom. The zero-order valence-corrected chi connectivity index (χ0v) is 8.80. The van der Waals surface area contributed by atoms with Crippen molar-refractivity contribution in [2.75, 3.05) is 12.4 Å². The molecule has 0 aromatic carbocycles. The van der Waals surface area contributed by atoms with Crippen molar-refractivity contribution in [1.29, 1.82) is 0 Å². The molecule has 0 aromatic heterocycles. The summed E-state index contributed by atoms with van der Waals surface area (Å²) in [6.07, 6.45) is 6.18. The molecule has 4 nitrogen and oxygen atoms in total. The van der Waals surface area contributed by atoms with Crippen molar-refractivity contribution in [3.8, 4) is 0 Å². The van der Waals surface area contributed by atoms with Gasteiger partial charge in [0.05, 0.1) is 17.4 Å². The summed E-state index contributed by atoms with van der Waals surface area (Å²) in [7, 11) is -1.31. The fourth-order valence-corrected chi connectivity index (χ4v) is 1.92. The molecule has 5 heteroatoms. The molecule has 0 radical (unpaired) electrons. The molecule has 1 atom stereocenters. The van der Waals surface area contributed by atoms with E-state index in [9.17, 15) is 9.00 Å². The lowest BCUT2D eigenvalue weighted by Crippen LogP contribution is -2.20. The van der Waals surface area contributed by atoms with Crippen LogP contribution in [0.25, 0.3) is 0 Å². The van der Waals surface area contributed by atoms with Gasteiger partial charge in [0.25, 0.3) is 0 Å². The highest BCUT2D eigenvalue weighted by Crippen LogP contribution is 2.05. The lowest BCUT2D eigenvalue weighted by molar-refractivity contribution is -0.139. The maximum absolute atomic E-state index is 11.5. The minimum absolute atomic E-state index is 0.0828. The van der Waals surface area contributed by atoms with Crippen molar-refractivity contribution in [2.45, 2.75) is 13.3 Å². The van der Waals surface area contributed by atoms with Gasteiger partial charge in [-0.25, -0.2) is 0 Å². The quantitative estimate of drug-likeness (QED) is 0.699. The number of nitrogens with one attached hydrogen (secondary N) is 1. The van der Waals surface area contributed by atoms with Gasteiger partial charge in [0.15, 0.2) is 0 Å². The van der Waals surface area contributed by atoms with Crippen LogP contribution < -0.4 is 5.32 Å². The zero-order valence-electron chi connectivity index (χ0n) is 7.99. The van der Waals surface area contributed by atoms with Gasteiger partial charge in [0.1, 0.15) is 10.8 Å². The molecule has 1 N–H and O–H groups in total. The molecule has 0 spiro atoms. The van der Waals surface area contributed by atoms with E-state index < -0.39 is 16.8 Å². The predicted octanol–water partition coefficient (Wildman–Crippen LogP) is 0.647. The van der Waals surface area contributed by atoms with E-state index in [2.05, 4.69) is 5.32 Å². The molecule has 0 aliphatic carbocycles. The summed E-state index contributed by atoms with van der Waals surface area (Å²) in [4.78, 5) is 11.0. The first-order chi connectivity index (χ1) is 6.74. The normalized spacial score (nSPS) is 16.8. The van der Waals surface area contributed by atoms with Gasteiger partial charge in [-0.05, 0) is 25.6 Å². The Kier molecular flexibility index (Phi) is 4.39. The van der Waals surface area contributed by atoms with Crippen LogP contribution in [0.4, 0.5) is 0 Å². The van der Waals surface area contributed by atoms with Crippen LogP contribution in [0.2, 0.25) is 0 Å². The molecule has 0 amide bonds. The number of hydrogen-bond acceptors (Lipinski definition) is 4. The van der Waals surface area contributed by atoms with Gasteiger partial charge in [0.2, 0.25) is 0 Å². The number of allylic oxidation sites excluding steroid dienone is 2. The Morgan fingerprint density at radius 3 is 3.07 bits per heavy atom. The Morgan fingerprint density at radius 2 is 2.50 bits per heavy atom. The third-order valence-electron chi connectivity index (χ3n) is 1.58. The van der Waals surface area contributed by atoms with E-state index in [-0.39, 0.29) is 5.75 Å². The highest BCUT2D eigenvalue weighted by atomic mass is 32.2.